The van der Waals surface area contributed by atoms with Crippen LogP contribution >= 0.6 is 22.9 Å². The van der Waals surface area contributed by atoms with Gasteiger partial charge in [0.15, 0.2) is 0 Å². The van der Waals surface area contributed by atoms with E-state index in [9.17, 15) is 9.59 Å². The van der Waals surface area contributed by atoms with Crippen molar-refractivity contribution >= 4 is 39.8 Å². The summed E-state index contributed by atoms with van der Waals surface area (Å²) in [6, 6.07) is 7.29. The number of nitrogens with zero attached hydrogens (tertiary/aromatic N) is 2. The second-order valence-electron chi connectivity index (χ2n) is 6.45. The lowest BCUT2D eigenvalue weighted by Crippen LogP contribution is -2.47. The minimum atomic E-state index is -0.499. The first-order chi connectivity index (χ1) is 13.0. The van der Waals surface area contributed by atoms with Crippen molar-refractivity contribution in [2.45, 2.75) is 0 Å². The molecule has 1 fully saturated rings. The predicted octanol–water partition coefficient (Wildman–Crippen LogP) is 3.04. The van der Waals surface area contributed by atoms with E-state index in [1.807, 2.05) is 23.6 Å². The highest BCUT2D eigenvalue weighted by Gasteiger charge is 2.24. The van der Waals surface area contributed by atoms with Gasteiger partial charge in [-0.05, 0) is 13.1 Å². The van der Waals surface area contributed by atoms with Crippen molar-refractivity contribution in [2.24, 2.45) is 0 Å². The van der Waals surface area contributed by atoms with Gasteiger partial charge in [0.25, 0.3) is 0 Å². The number of amides is 1. The van der Waals surface area contributed by atoms with Crippen LogP contribution in [0.5, 0.6) is 0 Å². The van der Waals surface area contributed by atoms with Crippen LogP contribution in [0.3, 0.4) is 0 Å². The number of nitrogens with one attached hydrogen (secondary N) is 1. The molecule has 1 aromatic heterocycles. The first-order valence-corrected chi connectivity index (χ1v) is 9.90. The van der Waals surface area contributed by atoms with Gasteiger partial charge in [0.05, 0.1) is 13.7 Å². The highest BCUT2D eigenvalue weighted by Crippen LogP contribution is 2.39. The van der Waals surface area contributed by atoms with Crippen LogP contribution in [0.2, 0.25) is 5.02 Å². The topological polar surface area (TPSA) is 61.9 Å². The van der Waals surface area contributed by atoms with Gasteiger partial charge in [-0.15, -0.1) is 11.3 Å². The van der Waals surface area contributed by atoms with Crippen LogP contribution in [-0.2, 0) is 9.53 Å². The zero-order valence-corrected chi connectivity index (χ0v) is 16.9. The zero-order valence-electron chi connectivity index (χ0n) is 15.3. The van der Waals surface area contributed by atoms with Crippen molar-refractivity contribution < 1.29 is 14.3 Å². The molecule has 2 aromatic rings. The Labute approximate surface area is 167 Å². The number of hydrogen-bond donors (Lipinski definition) is 1. The Hall–Kier alpha value is -1.93. The summed E-state index contributed by atoms with van der Waals surface area (Å²) in [6.45, 7) is 3.88. The van der Waals surface area contributed by atoms with Crippen LogP contribution in [-0.4, -0.2) is 68.6 Å². The van der Waals surface area contributed by atoms with Crippen molar-refractivity contribution in [1.29, 1.82) is 0 Å². The summed E-state index contributed by atoms with van der Waals surface area (Å²) in [5.41, 5.74) is 1.73. The average molecular weight is 408 g/mol. The number of anilines is 1. The van der Waals surface area contributed by atoms with E-state index in [0.717, 1.165) is 31.7 Å². The summed E-state index contributed by atoms with van der Waals surface area (Å²) in [6.07, 6.45) is 0. The molecular weight excluding hydrogens is 386 g/mol. The molecule has 8 heteroatoms. The maximum atomic E-state index is 12.5. The van der Waals surface area contributed by atoms with E-state index in [1.165, 1.54) is 18.4 Å². The summed E-state index contributed by atoms with van der Waals surface area (Å²) >= 11 is 7.58. The Bertz CT molecular complexity index is 831. The predicted molar refractivity (Wildman–Crippen MR) is 109 cm³/mol. The second-order valence-corrected chi connectivity index (χ2v) is 7.74. The fourth-order valence-electron chi connectivity index (χ4n) is 3.01. The molecule has 0 radical (unpaired) electrons. The molecule has 6 nitrogen and oxygen atoms in total. The molecule has 2 heterocycles. The zero-order chi connectivity index (χ0) is 19.4. The van der Waals surface area contributed by atoms with Crippen LogP contribution in [0.1, 0.15) is 10.4 Å². The Balaban J connectivity index is 1.80. The van der Waals surface area contributed by atoms with E-state index in [-0.39, 0.29) is 5.91 Å². The SMILES string of the molecule is COC(=O)c1c(-c2ccccc2Cl)csc1NC(=O)CN1CCN(C)CC1. The molecule has 1 aliphatic heterocycles. The molecule has 0 saturated carbocycles. The summed E-state index contributed by atoms with van der Waals surface area (Å²) in [4.78, 5) is 29.2. The molecule has 1 aromatic carbocycles. The van der Waals surface area contributed by atoms with Crippen molar-refractivity contribution in [1.82, 2.24) is 9.80 Å². The number of halogens is 1. The fourth-order valence-corrected chi connectivity index (χ4v) is 4.21. The van der Waals surface area contributed by atoms with Gasteiger partial charge in [-0.1, -0.05) is 29.8 Å². The molecule has 144 valence electrons. The van der Waals surface area contributed by atoms with E-state index in [0.29, 0.717) is 27.7 Å². The lowest BCUT2D eigenvalue weighted by Gasteiger charge is -2.31. The molecule has 1 amide bonds. The second kappa shape index (κ2) is 8.84. The number of likely N-dealkylation sites (N-methyl/N-ethyl adjacent to an activating group) is 1. The van der Waals surface area contributed by atoms with Crippen LogP contribution in [0, 0.1) is 0 Å². The van der Waals surface area contributed by atoms with Crippen LogP contribution in [0.25, 0.3) is 11.1 Å². The number of carbonyl (C=O) groups is 2. The highest BCUT2D eigenvalue weighted by atomic mass is 35.5. The van der Waals surface area contributed by atoms with Crippen molar-refractivity contribution in [3.05, 3.63) is 40.2 Å². The Morgan fingerprint density at radius 3 is 2.56 bits per heavy atom. The minimum Gasteiger partial charge on any atom is -0.465 e. The Kier molecular flexibility index (Phi) is 6.49. The fraction of sp³-hybridized carbons (Fsp3) is 0.368. The quantitative estimate of drug-likeness (QED) is 0.772. The van der Waals surface area contributed by atoms with E-state index in [2.05, 4.69) is 22.2 Å². The monoisotopic (exact) mass is 407 g/mol. The third-order valence-corrected chi connectivity index (χ3v) is 5.79. The Morgan fingerprint density at radius 1 is 1.19 bits per heavy atom. The minimum absolute atomic E-state index is 0.141. The molecule has 0 bridgehead atoms. The third-order valence-electron chi connectivity index (χ3n) is 4.56. The first-order valence-electron chi connectivity index (χ1n) is 8.65. The number of ether oxygens (including phenoxy) is 1. The van der Waals surface area contributed by atoms with Gasteiger partial charge in [-0.25, -0.2) is 4.79 Å². The highest BCUT2D eigenvalue weighted by molar-refractivity contribution is 7.15. The summed E-state index contributed by atoms with van der Waals surface area (Å²) in [5.74, 6) is -0.640. The van der Waals surface area contributed by atoms with Crippen LogP contribution in [0.15, 0.2) is 29.6 Å². The first kappa shape index (κ1) is 19.8. The standard InChI is InChI=1S/C19H22ClN3O3S/c1-22-7-9-23(10-8-22)11-16(24)21-18-17(19(25)26-2)14(12-27-18)13-5-3-4-6-15(13)20/h3-6,12H,7-11H2,1-2H3,(H,21,24). The smallest absolute Gasteiger partial charge is 0.341 e. The van der Waals surface area contributed by atoms with E-state index < -0.39 is 5.97 Å². The third kappa shape index (κ3) is 4.68. The number of methoxy groups -OCH3 is 1. The molecule has 1 saturated heterocycles. The number of piperazine rings is 1. The average Bonchev–Trinajstić information content (AvgIpc) is 3.06. The lowest BCUT2D eigenvalue weighted by molar-refractivity contribution is -0.117. The molecule has 3 rings (SSSR count). The molecular formula is C19H22ClN3O3S. The van der Waals surface area contributed by atoms with Gasteiger partial charge in [-0.2, -0.15) is 0 Å². The number of hydrogen-bond acceptors (Lipinski definition) is 6. The van der Waals surface area contributed by atoms with E-state index >= 15 is 0 Å². The van der Waals surface area contributed by atoms with Crippen molar-refractivity contribution in [3.8, 4) is 11.1 Å². The van der Waals surface area contributed by atoms with E-state index in [4.69, 9.17) is 16.3 Å². The number of esters is 1. The van der Waals surface area contributed by atoms with E-state index in [1.54, 1.807) is 6.07 Å². The van der Waals surface area contributed by atoms with Gasteiger partial charge in [0.1, 0.15) is 10.6 Å². The molecule has 1 N–H and O–H groups in total. The normalized spacial score (nSPS) is 15.5. The molecule has 27 heavy (non-hydrogen) atoms. The Morgan fingerprint density at radius 2 is 1.89 bits per heavy atom. The number of rotatable bonds is 5. The van der Waals surface area contributed by atoms with Gasteiger partial charge in [0.2, 0.25) is 5.91 Å². The van der Waals surface area contributed by atoms with Crippen LogP contribution in [0.4, 0.5) is 5.00 Å². The molecule has 1 aliphatic rings. The summed E-state index contributed by atoms with van der Waals surface area (Å²) in [7, 11) is 3.40. The summed E-state index contributed by atoms with van der Waals surface area (Å²) < 4.78 is 4.94. The largest absolute Gasteiger partial charge is 0.465 e. The molecule has 0 aliphatic carbocycles. The maximum absolute atomic E-state index is 12.5. The molecule has 0 unspecified atom stereocenters. The molecule has 0 atom stereocenters. The number of carbonyl (C=O) groups excluding carboxylic acids is 2. The molecule has 0 spiro atoms. The van der Waals surface area contributed by atoms with Gasteiger partial charge in [0, 0.05) is 47.7 Å². The number of thiophene rings is 1. The maximum Gasteiger partial charge on any atom is 0.341 e. The van der Waals surface area contributed by atoms with Gasteiger partial charge >= 0.3 is 5.97 Å². The van der Waals surface area contributed by atoms with Gasteiger partial charge < -0.3 is 15.0 Å². The van der Waals surface area contributed by atoms with Crippen molar-refractivity contribution in [2.75, 3.05) is 52.2 Å². The lowest BCUT2D eigenvalue weighted by atomic mass is 10.0. The van der Waals surface area contributed by atoms with Crippen molar-refractivity contribution in [3.63, 3.8) is 0 Å². The summed E-state index contributed by atoms with van der Waals surface area (Å²) in [5, 5.41) is 5.71. The number of benzene rings is 1. The van der Waals surface area contributed by atoms with Crippen LogP contribution < -0.4 is 5.32 Å². The van der Waals surface area contributed by atoms with Gasteiger partial charge in [-0.3, -0.25) is 9.69 Å².